The number of carboxylic acid groups (broad SMARTS) is 1. The van der Waals surface area contributed by atoms with E-state index in [1.165, 1.54) is 19.1 Å². The van der Waals surface area contributed by atoms with E-state index >= 15 is 8.78 Å². The molecule has 4 fully saturated rings. The molecule has 7 nitrogen and oxygen atoms in total. The van der Waals surface area contributed by atoms with Gasteiger partial charge >= 0.3 is 12.1 Å². The van der Waals surface area contributed by atoms with Crippen molar-refractivity contribution in [1.82, 2.24) is 0 Å². The van der Waals surface area contributed by atoms with E-state index in [1.807, 2.05) is 0 Å². The zero-order chi connectivity index (χ0) is 30.1. The van der Waals surface area contributed by atoms with Gasteiger partial charge in [0.25, 0.3) is 0 Å². The highest BCUT2D eigenvalue weighted by atomic mass is 19.1. The minimum absolute atomic E-state index is 0.0379. The van der Waals surface area contributed by atoms with Crippen LogP contribution in [0.5, 0.6) is 0 Å². The van der Waals surface area contributed by atoms with Crippen LogP contribution in [0.2, 0.25) is 0 Å². The van der Waals surface area contributed by atoms with Gasteiger partial charge in [-0.25, -0.2) is 18.4 Å². The third-order valence-electron chi connectivity index (χ3n) is 13.7. The Morgan fingerprint density at radius 2 is 1.76 bits per heavy atom. The summed E-state index contributed by atoms with van der Waals surface area (Å²) < 4.78 is 44.9. The van der Waals surface area contributed by atoms with Gasteiger partial charge in [0.05, 0.1) is 6.10 Å². The number of carbonyl (C=O) groups is 3. The zero-order valence-electron chi connectivity index (χ0n) is 24.8. The van der Waals surface area contributed by atoms with Crippen LogP contribution in [-0.4, -0.2) is 51.6 Å². The summed E-state index contributed by atoms with van der Waals surface area (Å²) in [6.07, 6.45) is 1.31. The first-order chi connectivity index (χ1) is 18.9. The van der Waals surface area contributed by atoms with Gasteiger partial charge in [0, 0.05) is 40.9 Å². The summed E-state index contributed by atoms with van der Waals surface area (Å²) in [5.74, 6) is -4.47. The number of hydrogen-bond donors (Lipinski definition) is 2. The van der Waals surface area contributed by atoms with E-state index in [0.29, 0.717) is 12.3 Å². The number of carbonyl (C=O) groups excluding carboxylic acids is 2. The molecule has 6 rings (SSSR count). The van der Waals surface area contributed by atoms with E-state index in [-0.39, 0.29) is 47.9 Å². The smallest absolute Gasteiger partial charge is 0.478 e. The number of halogens is 2. The Hall–Kier alpha value is -2.29. The van der Waals surface area contributed by atoms with Crippen LogP contribution in [0.25, 0.3) is 0 Å². The van der Waals surface area contributed by atoms with Crippen molar-refractivity contribution < 1.29 is 42.9 Å². The molecule has 0 heterocycles. The molecule has 0 amide bonds. The number of fused-ring (bicyclic) bond motifs is 7. The van der Waals surface area contributed by atoms with E-state index in [0.717, 1.165) is 12.8 Å². The molecule has 226 valence electrons. The average Bonchev–Trinajstić information content (AvgIpc) is 3.32. The molecule has 0 aromatic heterocycles. The quantitative estimate of drug-likeness (QED) is 0.391. The normalized spacial score (nSPS) is 51.2. The molecule has 0 aromatic rings. The van der Waals surface area contributed by atoms with Gasteiger partial charge < -0.3 is 19.7 Å². The van der Waals surface area contributed by atoms with Crippen molar-refractivity contribution in [2.75, 3.05) is 0 Å². The first-order valence-electron chi connectivity index (χ1n) is 15.0. The highest BCUT2D eigenvalue weighted by molar-refractivity contribution is 5.93. The monoisotopic (exact) mass is 576 g/mol. The van der Waals surface area contributed by atoms with Crippen LogP contribution in [0, 0.1) is 45.3 Å². The SMILES string of the molecule is C[C@@H]1C[C@H]2[C@@H]3CC(F)=C4CC(=O)C=C[C@]4(C)[C@@]3(F)[C@@H](O)C[C@]2(C)[C@@]1(OC(=O)O[C@H]1C[C@H]2CC[C@]1(C)C2(C)C)C(=O)O. The molecule has 0 saturated heterocycles. The van der Waals surface area contributed by atoms with Crippen molar-refractivity contribution in [1.29, 1.82) is 0 Å². The Kier molecular flexibility index (Phi) is 5.91. The lowest BCUT2D eigenvalue weighted by Crippen LogP contribution is -2.69. The van der Waals surface area contributed by atoms with E-state index < -0.39 is 70.0 Å². The van der Waals surface area contributed by atoms with Crippen LogP contribution in [0.1, 0.15) is 86.5 Å². The number of carboxylic acids is 1. The summed E-state index contributed by atoms with van der Waals surface area (Å²) in [5, 5.41) is 22.3. The summed E-state index contributed by atoms with van der Waals surface area (Å²) in [7, 11) is 0. The molecule has 9 heteroatoms. The van der Waals surface area contributed by atoms with E-state index in [4.69, 9.17) is 9.47 Å². The number of ether oxygens (including phenoxy) is 2. The summed E-state index contributed by atoms with van der Waals surface area (Å²) in [6, 6.07) is 0. The van der Waals surface area contributed by atoms with Crippen LogP contribution in [0.3, 0.4) is 0 Å². The lowest BCUT2D eigenvalue weighted by atomic mass is 9.45. The highest BCUT2D eigenvalue weighted by Crippen LogP contribution is 2.72. The second-order valence-electron chi connectivity index (χ2n) is 15.1. The molecule has 6 aliphatic rings. The zero-order valence-corrected chi connectivity index (χ0v) is 24.8. The number of aliphatic carboxylic acids is 1. The topological polar surface area (TPSA) is 110 Å². The van der Waals surface area contributed by atoms with Gasteiger partial charge in [0.1, 0.15) is 11.9 Å². The molecule has 11 atom stereocenters. The van der Waals surface area contributed by atoms with Crippen molar-refractivity contribution in [2.24, 2.45) is 45.3 Å². The number of allylic oxidation sites excluding steroid dienone is 4. The van der Waals surface area contributed by atoms with Crippen molar-refractivity contribution >= 4 is 17.9 Å². The molecule has 0 unspecified atom stereocenters. The van der Waals surface area contributed by atoms with Crippen molar-refractivity contribution in [3.8, 4) is 0 Å². The number of rotatable bonds is 3. The number of aliphatic hydroxyl groups excluding tert-OH is 1. The lowest BCUT2D eigenvalue weighted by molar-refractivity contribution is -0.227. The first kappa shape index (κ1) is 28.8. The second kappa shape index (κ2) is 8.42. The molecule has 41 heavy (non-hydrogen) atoms. The number of alkyl halides is 1. The third kappa shape index (κ3) is 3.19. The van der Waals surface area contributed by atoms with Crippen LogP contribution in [-0.2, 0) is 19.1 Å². The van der Waals surface area contributed by atoms with Crippen molar-refractivity contribution in [3.05, 3.63) is 23.6 Å². The fourth-order valence-electron chi connectivity index (χ4n) is 10.8. The maximum absolute atomic E-state index is 17.5. The first-order valence-corrected chi connectivity index (χ1v) is 15.0. The van der Waals surface area contributed by atoms with Crippen molar-refractivity contribution in [2.45, 2.75) is 110 Å². The predicted molar refractivity (Wildman–Crippen MR) is 144 cm³/mol. The summed E-state index contributed by atoms with van der Waals surface area (Å²) >= 11 is 0. The van der Waals surface area contributed by atoms with Crippen LogP contribution in [0.4, 0.5) is 13.6 Å². The molecule has 0 aliphatic heterocycles. The molecule has 2 bridgehead atoms. The van der Waals surface area contributed by atoms with Gasteiger partial charge in [-0.15, -0.1) is 0 Å². The third-order valence-corrected chi connectivity index (χ3v) is 13.7. The maximum atomic E-state index is 17.5. The highest BCUT2D eigenvalue weighted by Gasteiger charge is 2.78. The summed E-state index contributed by atoms with van der Waals surface area (Å²) in [6.45, 7) is 11.2. The minimum Gasteiger partial charge on any atom is -0.478 e. The molecule has 2 N–H and O–H groups in total. The Bertz CT molecular complexity index is 1290. The van der Waals surface area contributed by atoms with Gasteiger partial charge in [0.15, 0.2) is 11.5 Å². The maximum Gasteiger partial charge on any atom is 0.509 e. The van der Waals surface area contributed by atoms with Crippen LogP contribution in [0.15, 0.2) is 23.6 Å². The van der Waals surface area contributed by atoms with Crippen LogP contribution < -0.4 is 0 Å². The van der Waals surface area contributed by atoms with Gasteiger partial charge in [-0.3, -0.25) is 4.79 Å². The Balaban J connectivity index is 1.35. The Labute approximate surface area is 239 Å². The number of aliphatic hydroxyl groups is 1. The molecular formula is C32H42F2O7. The molecule has 6 aliphatic carbocycles. The van der Waals surface area contributed by atoms with E-state index in [9.17, 15) is 24.6 Å². The largest absolute Gasteiger partial charge is 0.509 e. The molecule has 0 radical (unpaired) electrons. The van der Waals surface area contributed by atoms with Gasteiger partial charge in [-0.2, -0.15) is 0 Å². The second-order valence-corrected chi connectivity index (χ2v) is 15.1. The number of ketones is 1. The average molecular weight is 577 g/mol. The standard InChI is InChI=1S/C32H42F2O7/c1-16-11-19-20-14-22(33)21-13-18(35)8-10-28(21,4)31(20,34)23(36)15-30(19,6)32(16,25(37)38)41-26(39)40-24-12-17-7-9-29(24,5)27(17,2)3/h8,10,16-17,19-20,23-24,36H,7,9,11-15H2,1-6H3,(H,37,38)/t16-,17-,19+,20+,23+,24+,28+,29+,30+,31+,32+/m1/s1. The molecule has 0 spiro atoms. The fraction of sp³-hybridized carbons (Fsp3) is 0.781. The molecule has 4 saturated carbocycles. The minimum atomic E-state index is -2.34. The number of hydrogen-bond acceptors (Lipinski definition) is 6. The fourth-order valence-corrected chi connectivity index (χ4v) is 10.8. The van der Waals surface area contributed by atoms with Gasteiger partial charge in [-0.1, -0.05) is 40.7 Å². The van der Waals surface area contributed by atoms with E-state index in [1.54, 1.807) is 13.8 Å². The summed E-state index contributed by atoms with van der Waals surface area (Å²) in [5.41, 5.74) is -7.66. The molecule has 0 aromatic carbocycles. The molecular weight excluding hydrogens is 534 g/mol. The van der Waals surface area contributed by atoms with E-state index in [2.05, 4.69) is 20.8 Å². The Morgan fingerprint density at radius 3 is 2.34 bits per heavy atom. The summed E-state index contributed by atoms with van der Waals surface area (Å²) in [4.78, 5) is 38.7. The van der Waals surface area contributed by atoms with Gasteiger partial charge in [-0.05, 0) is 67.9 Å². The van der Waals surface area contributed by atoms with Crippen molar-refractivity contribution in [3.63, 3.8) is 0 Å². The van der Waals surface area contributed by atoms with Crippen LogP contribution >= 0.6 is 0 Å². The van der Waals surface area contributed by atoms with Gasteiger partial charge in [0.2, 0.25) is 5.60 Å². The predicted octanol–water partition coefficient (Wildman–Crippen LogP) is 6.09. The Morgan fingerprint density at radius 1 is 1.07 bits per heavy atom. The lowest BCUT2D eigenvalue weighted by Gasteiger charge is -2.61.